The predicted octanol–water partition coefficient (Wildman–Crippen LogP) is 2.69. The third-order valence-corrected chi connectivity index (χ3v) is 7.72. The summed E-state index contributed by atoms with van der Waals surface area (Å²) in [5, 5.41) is 29.8. The number of nitrogens with two attached hydrogens (primary N) is 1. The van der Waals surface area contributed by atoms with Gasteiger partial charge in [-0.25, -0.2) is 14.8 Å². The van der Waals surface area contributed by atoms with Gasteiger partial charge in [0.15, 0.2) is 17.5 Å². The van der Waals surface area contributed by atoms with Gasteiger partial charge in [-0.2, -0.15) is 16.8 Å². The van der Waals surface area contributed by atoms with E-state index in [-0.39, 0.29) is 22.5 Å². The summed E-state index contributed by atoms with van der Waals surface area (Å²) in [4.78, 5) is 23.9. The van der Waals surface area contributed by atoms with Crippen LogP contribution >= 0.6 is 0 Å². The average Bonchev–Trinajstić information content (AvgIpc) is 3.24. The van der Waals surface area contributed by atoms with Crippen LogP contribution in [0.5, 0.6) is 11.5 Å². The maximum atomic E-state index is 13.5. The molecule has 0 saturated carbocycles. The van der Waals surface area contributed by atoms with E-state index < -0.39 is 65.3 Å². The molecule has 1 aliphatic rings. The van der Waals surface area contributed by atoms with Crippen molar-refractivity contribution in [2.75, 3.05) is 17.9 Å². The monoisotopic (exact) mass is 622 g/mol. The lowest BCUT2D eigenvalue weighted by molar-refractivity contribution is -0.119. The Bertz CT molecular complexity index is 1860. The molecule has 4 rings (SSSR count). The summed E-state index contributed by atoms with van der Waals surface area (Å²) >= 11 is 0. The van der Waals surface area contributed by atoms with Crippen molar-refractivity contribution in [3.8, 4) is 11.5 Å². The SMILES string of the molecule is COc1c(C2C(=O)N(c3cccc(N)c3)NN2C(=O)O)cc(C)c(N=Nc2cc(S(=O)(=O)O)ccc2S(=O)(=O)O)c1O. The molecule has 17 nitrogen and oxygen atoms in total. The van der Waals surface area contributed by atoms with Crippen molar-refractivity contribution in [2.45, 2.75) is 22.8 Å². The van der Waals surface area contributed by atoms with Gasteiger partial charge < -0.3 is 20.7 Å². The third-order valence-electron chi connectivity index (χ3n) is 5.96. The molecular weight excluding hydrogens is 600 g/mol. The molecule has 3 aromatic rings. The van der Waals surface area contributed by atoms with Crippen LogP contribution in [0.2, 0.25) is 0 Å². The van der Waals surface area contributed by atoms with Crippen LogP contribution in [0.3, 0.4) is 0 Å². The number of methoxy groups -OCH3 is 1. The number of azo groups is 1. The number of amides is 2. The van der Waals surface area contributed by atoms with E-state index in [1.54, 1.807) is 12.1 Å². The van der Waals surface area contributed by atoms with E-state index >= 15 is 0 Å². The number of phenolic OH excluding ortho intramolecular Hbond substituents is 1. The van der Waals surface area contributed by atoms with Crippen LogP contribution in [0.15, 0.2) is 68.6 Å². The fourth-order valence-electron chi connectivity index (χ4n) is 4.12. The number of phenols is 1. The Labute approximate surface area is 237 Å². The summed E-state index contributed by atoms with van der Waals surface area (Å²) in [6, 6.07) is 7.75. The first-order valence-corrected chi connectivity index (χ1v) is 14.3. The van der Waals surface area contributed by atoms with Crippen molar-refractivity contribution in [2.24, 2.45) is 10.2 Å². The Morgan fingerprint density at radius 2 is 1.74 bits per heavy atom. The number of carbonyl (C=O) groups is 2. The van der Waals surface area contributed by atoms with Gasteiger partial charge >= 0.3 is 6.09 Å². The van der Waals surface area contributed by atoms with Crippen LogP contribution in [0.4, 0.5) is 27.5 Å². The highest BCUT2D eigenvalue weighted by Gasteiger charge is 2.45. The number of hydrogen-bond donors (Lipinski definition) is 6. The summed E-state index contributed by atoms with van der Waals surface area (Å²) in [5.41, 5.74) is 7.69. The summed E-state index contributed by atoms with van der Waals surface area (Å²) in [6.07, 6.45) is -1.56. The van der Waals surface area contributed by atoms with Gasteiger partial charge in [0, 0.05) is 11.3 Å². The Morgan fingerprint density at radius 3 is 2.31 bits per heavy atom. The molecule has 0 radical (unpaired) electrons. The van der Waals surface area contributed by atoms with Crippen LogP contribution in [0, 0.1) is 6.92 Å². The van der Waals surface area contributed by atoms with E-state index in [0.717, 1.165) is 12.1 Å². The number of ether oxygens (including phenoxy) is 1. The first-order chi connectivity index (χ1) is 19.5. The molecule has 222 valence electrons. The number of rotatable bonds is 7. The van der Waals surface area contributed by atoms with E-state index in [2.05, 4.69) is 15.8 Å². The molecule has 3 aromatic carbocycles. The van der Waals surface area contributed by atoms with Gasteiger partial charge in [0.25, 0.3) is 26.1 Å². The van der Waals surface area contributed by atoms with Crippen LogP contribution in [-0.4, -0.2) is 60.3 Å². The number of nitrogen functional groups attached to an aromatic ring is 1. The molecule has 1 atom stereocenters. The van der Waals surface area contributed by atoms with Crippen molar-refractivity contribution >= 4 is 55.0 Å². The molecule has 7 N–H and O–H groups in total. The lowest BCUT2D eigenvalue weighted by Gasteiger charge is -2.21. The standard InChI is InChI=1S/C23H22N6O11S2/c1-11-8-15(19-22(31)28(27-29(19)23(32)33)13-5-3-4-12(24)9-13)21(40-2)20(30)18(11)26-25-16-10-14(41(34,35)36)6-7-17(16)42(37,38)39/h3-10,19,27,30H,24H2,1-2H3,(H,32,33)(H,34,35,36)(H,37,38,39). The number of hydrogen-bond acceptors (Lipinski definition) is 12. The lowest BCUT2D eigenvalue weighted by atomic mass is 9.99. The topological polar surface area (TPSA) is 262 Å². The van der Waals surface area contributed by atoms with Crippen molar-refractivity contribution in [3.63, 3.8) is 0 Å². The van der Waals surface area contributed by atoms with Crippen LogP contribution in [0.25, 0.3) is 0 Å². The molecule has 1 heterocycles. The number of aryl methyl sites for hydroxylation is 1. The summed E-state index contributed by atoms with van der Waals surface area (Å²) in [6.45, 7) is 1.39. The maximum absolute atomic E-state index is 13.5. The summed E-state index contributed by atoms with van der Waals surface area (Å²) in [5.74, 6) is -1.91. The average molecular weight is 623 g/mol. The van der Waals surface area contributed by atoms with Gasteiger partial charge in [0.05, 0.1) is 17.7 Å². The first kappa shape index (κ1) is 30.1. The lowest BCUT2D eigenvalue weighted by Crippen LogP contribution is -2.43. The van der Waals surface area contributed by atoms with E-state index in [4.69, 9.17) is 10.5 Å². The van der Waals surface area contributed by atoms with Gasteiger partial charge in [-0.3, -0.25) is 13.9 Å². The van der Waals surface area contributed by atoms with Crippen LogP contribution < -0.4 is 21.0 Å². The van der Waals surface area contributed by atoms with Crippen molar-refractivity contribution in [1.29, 1.82) is 0 Å². The molecule has 0 aliphatic carbocycles. The zero-order chi connectivity index (χ0) is 31.1. The van der Waals surface area contributed by atoms with E-state index in [9.17, 15) is 45.7 Å². The molecule has 0 bridgehead atoms. The number of nitrogens with one attached hydrogen (secondary N) is 1. The van der Waals surface area contributed by atoms with Crippen molar-refractivity contribution in [3.05, 3.63) is 59.7 Å². The number of hydrazine groups is 2. The van der Waals surface area contributed by atoms with Crippen LogP contribution in [0.1, 0.15) is 17.2 Å². The fourth-order valence-corrected chi connectivity index (χ4v) is 5.23. The number of carboxylic acid groups (broad SMARTS) is 1. The molecule has 1 fully saturated rings. The van der Waals surface area contributed by atoms with E-state index in [1.165, 1.54) is 25.1 Å². The number of benzene rings is 3. The molecule has 1 saturated heterocycles. The van der Waals surface area contributed by atoms with Crippen molar-refractivity contribution in [1.82, 2.24) is 10.5 Å². The van der Waals surface area contributed by atoms with Crippen LogP contribution in [-0.2, 0) is 25.0 Å². The second-order valence-corrected chi connectivity index (χ2v) is 11.5. The fraction of sp³-hybridized carbons (Fsp3) is 0.130. The zero-order valence-electron chi connectivity index (χ0n) is 21.5. The Balaban J connectivity index is 1.83. The van der Waals surface area contributed by atoms with E-state index in [0.29, 0.717) is 28.9 Å². The molecule has 1 aliphatic heterocycles. The van der Waals surface area contributed by atoms with Gasteiger partial charge in [-0.15, -0.1) is 15.8 Å². The molecule has 0 spiro atoms. The number of carbonyl (C=O) groups excluding carboxylic acids is 1. The first-order valence-electron chi connectivity index (χ1n) is 11.4. The quantitative estimate of drug-likeness (QED) is 0.126. The highest BCUT2D eigenvalue weighted by Crippen LogP contribution is 2.47. The number of nitrogens with zero attached hydrogens (tertiary/aromatic N) is 4. The Morgan fingerprint density at radius 1 is 1.05 bits per heavy atom. The molecular formula is C23H22N6O11S2. The third kappa shape index (κ3) is 5.66. The minimum absolute atomic E-state index is 0.0898. The second-order valence-electron chi connectivity index (χ2n) is 8.72. The predicted molar refractivity (Wildman–Crippen MR) is 144 cm³/mol. The highest BCUT2D eigenvalue weighted by atomic mass is 32.2. The largest absolute Gasteiger partial charge is 0.503 e. The molecule has 1 unspecified atom stereocenters. The normalized spacial score (nSPS) is 15.9. The number of aromatic hydroxyl groups is 1. The van der Waals surface area contributed by atoms with Gasteiger partial charge in [-0.05, 0) is 55.0 Å². The molecule has 2 amide bonds. The summed E-state index contributed by atoms with van der Waals surface area (Å²) in [7, 11) is -8.62. The van der Waals surface area contributed by atoms with Gasteiger partial charge in [-0.1, -0.05) is 6.07 Å². The van der Waals surface area contributed by atoms with E-state index in [1.807, 2.05) is 0 Å². The number of anilines is 2. The Kier molecular flexibility index (Phi) is 7.80. The van der Waals surface area contributed by atoms with Crippen molar-refractivity contribution < 1.29 is 50.5 Å². The Hall–Kier alpha value is -4.82. The molecule has 0 aromatic heterocycles. The minimum atomic E-state index is -4.94. The minimum Gasteiger partial charge on any atom is -0.503 e. The van der Waals surface area contributed by atoms with Gasteiger partial charge in [0.1, 0.15) is 16.3 Å². The molecule has 42 heavy (non-hydrogen) atoms. The highest BCUT2D eigenvalue weighted by molar-refractivity contribution is 7.86. The maximum Gasteiger partial charge on any atom is 0.424 e. The van der Waals surface area contributed by atoms with Gasteiger partial charge in [0.2, 0.25) is 0 Å². The summed E-state index contributed by atoms with van der Waals surface area (Å²) < 4.78 is 70.7. The molecule has 19 heteroatoms. The zero-order valence-corrected chi connectivity index (χ0v) is 23.2. The second kappa shape index (κ2) is 10.9. The smallest absolute Gasteiger partial charge is 0.424 e.